The molecule has 0 spiro atoms. The number of benzene rings is 1. The third-order valence-corrected chi connectivity index (χ3v) is 2.29. The van der Waals surface area contributed by atoms with Gasteiger partial charge in [-0.05, 0) is 19.1 Å². The number of imidazole rings is 1. The topological polar surface area (TPSA) is 55.1 Å². The molecule has 0 fully saturated rings. The minimum Gasteiger partial charge on any atom is -0.480 e. The summed E-state index contributed by atoms with van der Waals surface area (Å²) in [6.45, 7) is 1.58. The first-order valence-electron chi connectivity index (χ1n) is 5.08. The SMILES string of the molecule is Cc1cn(CC(=O)O)c(-c2cccc(F)c2)n1. The van der Waals surface area contributed by atoms with Gasteiger partial charge in [0.1, 0.15) is 18.2 Å². The summed E-state index contributed by atoms with van der Waals surface area (Å²) in [5.74, 6) is -0.866. The first-order valence-corrected chi connectivity index (χ1v) is 5.08. The van der Waals surface area contributed by atoms with Crippen LogP contribution in [0.3, 0.4) is 0 Å². The highest BCUT2D eigenvalue weighted by molar-refractivity contribution is 5.68. The summed E-state index contributed by atoms with van der Waals surface area (Å²) in [5.41, 5.74) is 1.27. The van der Waals surface area contributed by atoms with Gasteiger partial charge < -0.3 is 9.67 Å². The van der Waals surface area contributed by atoms with Crippen molar-refractivity contribution in [3.8, 4) is 11.4 Å². The van der Waals surface area contributed by atoms with Gasteiger partial charge in [-0.2, -0.15) is 0 Å². The molecule has 0 saturated heterocycles. The molecule has 0 aliphatic heterocycles. The predicted octanol–water partition coefficient (Wildman–Crippen LogP) is 2.08. The monoisotopic (exact) mass is 234 g/mol. The van der Waals surface area contributed by atoms with Crippen LogP contribution in [0.25, 0.3) is 11.4 Å². The van der Waals surface area contributed by atoms with E-state index in [9.17, 15) is 9.18 Å². The summed E-state index contributed by atoms with van der Waals surface area (Å²) in [5, 5.41) is 8.78. The lowest BCUT2D eigenvalue weighted by Crippen LogP contribution is -2.09. The Balaban J connectivity index is 2.47. The number of aryl methyl sites for hydroxylation is 1. The smallest absolute Gasteiger partial charge is 0.323 e. The van der Waals surface area contributed by atoms with E-state index in [1.165, 1.54) is 16.7 Å². The molecular formula is C12H11FN2O2. The lowest BCUT2D eigenvalue weighted by atomic mass is 10.2. The van der Waals surface area contributed by atoms with E-state index < -0.39 is 5.97 Å². The number of aliphatic carboxylic acids is 1. The Kier molecular flexibility index (Phi) is 2.91. The molecule has 1 aromatic carbocycles. The lowest BCUT2D eigenvalue weighted by molar-refractivity contribution is -0.137. The predicted molar refractivity (Wildman–Crippen MR) is 60.0 cm³/mol. The average Bonchev–Trinajstić information content (AvgIpc) is 2.58. The number of carbonyl (C=O) groups is 1. The number of hydrogen-bond donors (Lipinski definition) is 1. The quantitative estimate of drug-likeness (QED) is 0.884. The summed E-state index contributed by atoms with van der Waals surface area (Å²) < 4.78 is 14.6. The summed E-state index contributed by atoms with van der Waals surface area (Å²) in [6.07, 6.45) is 1.63. The molecule has 4 nitrogen and oxygen atoms in total. The van der Waals surface area contributed by atoms with E-state index >= 15 is 0 Å². The number of carboxylic acids is 1. The fraction of sp³-hybridized carbons (Fsp3) is 0.167. The molecule has 0 amide bonds. The van der Waals surface area contributed by atoms with Crippen molar-refractivity contribution in [3.63, 3.8) is 0 Å². The van der Waals surface area contributed by atoms with Crippen LogP contribution in [-0.4, -0.2) is 20.6 Å². The van der Waals surface area contributed by atoms with Crippen LogP contribution in [0.1, 0.15) is 5.69 Å². The Morgan fingerprint density at radius 3 is 2.94 bits per heavy atom. The number of carboxylic acid groups (broad SMARTS) is 1. The molecule has 0 bridgehead atoms. The molecular weight excluding hydrogens is 223 g/mol. The van der Waals surface area contributed by atoms with Crippen molar-refractivity contribution < 1.29 is 14.3 Å². The average molecular weight is 234 g/mol. The number of aromatic nitrogens is 2. The van der Waals surface area contributed by atoms with Gasteiger partial charge in [0.05, 0.1) is 5.69 Å². The normalized spacial score (nSPS) is 10.5. The van der Waals surface area contributed by atoms with E-state index in [0.717, 1.165) is 0 Å². The van der Waals surface area contributed by atoms with Gasteiger partial charge in [-0.3, -0.25) is 4.79 Å². The molecule has 0 radical (unpaired) electrons. The van der Waals surface area contributed by atoms with Crippen molar-refractivity contribution in [1.82, 2.24) is 9.55 Å². The summed E-state index contributed by atoms with van der Waals surface area (Å²) in [4.78, 5) is 14.9. The molecule has 88 valence electrons. The summed E-state index contributed by atoms with van der Waals surface area (Å²) in [7, 11) is 0. The van der Waals surface area contributed by atoms with Crippen LogP contribution in [0.5, 0.6) is 0 Å². The third kappa shape index (κ3) is 2.50. The van der Waals surface area contributed by atoms with Crippen LogP contribution in [0, 0.1) is 12.7 Å². The maximum absolute atomic E-state index is 13.1. The van der Waals surface area contributed by atoms with E-state index in [4.69, 9.17) is 5.11 Å². The zero-order chi connectivity index (χ0) is 12.4. The molecule has 0 atom stereocenters. The molecule has 0 aliphatic carbocycles. The lowest BCUT2D eigenvalue weighted by Gasteiger charge is -2.04. The van der Waals surface area contributed by atoms with Crippen LogP contribution in [-0.2, 0) is 11.3 Å². The van der Waals surface area contributed by atoms with E-state index in [0.29, 0.717) is 17.1 Å². The molecule has 2 rings (SSSR count). The maximum atomic E-state index is 13.1. The Morgan fingerprint density at radius 2 is 2.29 bits per heavy atom. The van der Waals surface area contributed by atoms with Crippen LogP contribution >= 0.6 is 0 Å². The molecule has 0 aliphatic rings. The minimum atomic E-state index is -0.958. The first-order chi connectivity index (χ1) is 8.06. The zero-order valence-electron chi connectivity index (χ0n) is 9.22. The molecule has 1 aromatic heterocycles. The van der Waals surface area contributed by atoms with Gasteiger partial charge >= 0.3 is 5.97 Å². The molecule has 5 heteroatoms. The number of nitrogens with zero attached hydrogens (tertiary/aromatic N) is 2. The van der Waals surface area contributed by atoms with Crippen molar-refractivity contribution in [2.24, 2.45) is 0 Å². The number of hydrogen-bond acceptors (Lipinski definition) is 2. The molecule has 0 saturated carbocycles. The van der Waals surface area contributed by atoms with Gasteiger partial charge in [0, 0.05) is 11.8 Å². The summed E-state index contributed by atoms with van der Waals surface area (Å²) >= 11 is 0. The molecule has 1 heterocycles. The Labute approximate surface area is 97.3 Å². The van der Waals surface area contributed by atoms with Crippen molar-refractivity contribution in [1.29, 1.82) is 0 Å². The Hall–Kier alpha value is -2.17. The van der Waals surface area contributed by atoms with Crippen LogP contribution in [0.4, 0.5) is 4.39 Å². The molecule has 17 heavy (non-hydrogen) atoms. The van der Waals surface area contributed by atoms with Gasteiger partial charge in [-0.15, -0.1) is 0 Å². The Bertz CT molecular complexity index is 563. The van der Waals surface area contributed by atoms with E-state index in [2.05, 4.69) is 4.98 Å². The van der Waals surface area contributed by atoms with Crippen molar-refractivity contribution in [3.05, 3.63) is 42.0 Å². The van der Waals surface area contributed by atoms with Crippen LogP contribution in [0.15, 0.2) is 30.5 Å². The third-order valence-electron chi connectivity index (χ3n) is 2.29. The largest absolute Gasteiger partial charge is 0.480 e. The fourth-order valence-corrected chi connectivity index (χ4v) is 1.67. The first kappa shape index (κ1) is 11.3. The van der Waals surface area contributed by atoms with Gasteiger partial charge in [-0.1, -0.05) is 12.1 Å². The minimum absolute atomic E-state index is 0.188. The fourth-order valence-electron chi connectivity index (χ4n) is 1.67. The number of rotatable bonds is 3. The Morgan fingerprint density at radius 1 is 1.53 bits per heavy atom. The van der Waals surface area contributed by atoms with Gasteiger partial charge in [0.25, 0.3) is 0 Å². The zero-order valence-corrected chi connectivity index (χ0v) is 9.22. The van der Waals surface area contributed by atoms with Crippen LogP contribution < -0.4 is 0 Å². The van der Waals surface area contributed by atoms with Crippen molar-refractivity contribution >= 4 is 5.97 Å². The standard InChI is InChI=1S/C12H11FN2O2/c1-8-6-15(7-11(16)17)12(14-8)9-3-2-4-10(13)5-9/h2-6H,7H2,1H3,(H,16,17). The summed E-state index contributed by atoms with van der Waals surface area (Å²) in [6, 6.07) is 5.93. The molecule has 0 unspecified atom stereocenters. The van der Waals surface area contributed by atoms with Gasteiger partial charge in [0.15, 0.2) is 0 Å². The second-order valence-electron chi connectivity index (χ2n) is 3.74. The maximum Gasteiger partial charge on any atom is 0.323 e. The van der Waals surface area contributed by atoms with E-state index in [-0.39, 0.29) is 12.4 Å². The van der Waals surface area contributed by atoms with Gasteiger partial charge in [-0.25, -0.2) is 9.37 Å². The van der Waals surface area contributed by atoms with E-state index in [1.807, 2.05) is 0 Å². The number of halogens is 1. The van der Waals surface area contributed by atoms with Crippen molar-refractivity contribution in [2.45, 2.75) is 13.5 Å². The van der Waals surface area contributed by atoms with Crippen molar-refractivity contribution in [2.75, 3.05) is 0 Å². The van der Waals surface area contributed by atoms with Crippen LogP contribution in [0.2, 0.25) is 0 Å². The highest BCUT2D eigenvalue weighted by Crippen LogP contribution is 2.19. The molecule has 1 N–H and O–H groups in total. The molecule has 2 aromatic rings. The van der Waals surface area contributed by atoms with Gasteiger partial charge in [0.2, 0.25) is 0 Å². The highest BCUT2D eigenvalue weighted by atomic mass is 19.1. The second-order valence-corrected chi connectivity index (χ2v) is 3.74. The second kappa shape index (κ2) is 4.37. The highest BCUT2D eigenvalue weighted by Gasteiger charge is 2.11. The van der Waals surface area contributed by atoms with E-state index in [1.54, 1.807) is 25.3 Å².